The van der Waals surface area contributed by atoms with Crippen LogP contribution in [0.5, 0.6) is 0 Å². The predicted molar refractivity (Wildman–Crippen MR) is 79.3 cm³/mol. The van der Waals surface area contributed by atoms with Crippen LogP contribution in [0.3, 0.4) is 0 Å². The van der Waals surface area contributed by atoms with E-state index in [1.165, 1.54) is 18.6 Å². The molecule has 0 aromatic carbocycles. The molecular formula is C13H15ClF3N5O2. The van der Waals surface area contributed by atoms with E-state index < -0.39 is 18.7 Å². The van der Waals surface area contributed by atoms with E-state index in [0.29, 0.717) is 17.3 Å². The number of carbonyl (C=O) groups excluding carboxylic acids is 1. The summed E-state index contributed by atoms with van der Waals surface area (Å²) in [5, 5.41) is 10.9. The second-order valence-corrected chi connectivity index (χ2v) is 5.57. The van der Waals surface area contributed by atoms with Crippen molar-refractivity contribution in [3.63, 3.8) is 0 Å². The number of nitrogens with one attached hydrogen (secondary N) is 1. The van der Waals surface area contributed by atoms with Gasteiger partial charge in [0.1, 0.15) is 13.3 Å². The van der Waals surface area contributed by atoms with Gasteiger partial charge in [0.05, 0.1) is 41.8 Å². The molecule has 2 heterocycles. The molecule has 1 atom stereocenters. The van der Waals surface area contributed by atoms with E-state index in [1.807, 2.05) is 0 Å². The number of rotatable bonds is 7. The summed E-state index contributed by atoms with van der Waals surface area (Å²) in [6, 6.07) is 0. The van der Waals surface area contributed by atoms with Crippen LogP contribution in [0.25, 0.3) is 0 Å². The zero-order valence-corrected chi connectivity index (χ0v) is 13.4. The third-order valence-electron chi connectivity index (χ3n) is 2.90. The Hall–Kier alpha value is -2.07. The van der Waals surface area contributed by atoms with Gasteiger partial charge in [0.25, 0.3) is 0 Å². The summed E-state index contributed by atoms with van der Waals surface area (Å²) in [6.07, 6.45) is 1.38. The van der Waals surface area contributed by atoms with Crippen LogP contribution in [-0.4, -0.2) is 38.3 Å². The number of carbonyl (C=O) groups is 1. The fourth-order valence-electron chi connectivity index (χ4n) is 1.82. The average molecular weight is 366 g/mol. The maximum absolute atomic E-state index is 12.1. The van der Waals surface area contributed by atoms with E-state index >= 15 is 0 Å². The fraction of sp³-hybridized carbons (Fsp3) is 0.462. The second-order valence-electron chi connectivity index (χ2n) is 5.13. The maximum Gasteiger partial charge on any atom is 0.411 e. The molecule has 0 saturated heterocycles. The molecule has 132 valence electrons. The van der Waals surface area contributed by atoms with Gasteiger partial charge in [-0.1, -0.05) is 18.5 Å². The summed E-state index contributed by atoms with van der Waals surface area (Å²) in [5.41, 5.74) is 0.362. The van der Waals surface area contributed by atoms with Crippen LogP contribution in [0.15, 0.2) is 24.8 Å². The Labute approximate surface area is 140 Å². The lowest BCUT2D eigenvalue weighted by molar-refractivity contribution is -0.182. The molecule has 2 aromatic heterocycles. The van der Waals surface area contributed by atoms with Gasteiger partial charge in [-0.3, -0.25) is 9.48 Å². The number of hydrogen-bond donors (Lipinski definition) is 1. The molecule has 1 unspecified atom stereocenters. The van der Waals surface area contributed by atoms with Crippen molar-refractivity contribution >= 4 is 23.2 Å². The molecule has 1 N–H and O–H groups in total. The first-order chi connectivity index (χ1) is 11.2. The highest BCUT2D eigenvalue weighted by Gasteiger charge is 2.27. The molecular weight excluding hydrogens is 351 g/mol. The van der Waals surface area contributed by atoms with E-state index in [2.05, 4.69) is 20.3 Å². The van der Waals surface area contributed by atoms with Gasteiger partial charge >= 0.3 is 6.18 Å². The first kappa shape index (κ1) is 18.3. The summed E-state index contributed by atoms with van der Waals surface area (Å²) >= 11 is 5.75. The molecule has 0 radical (unpaired) electrons. The average Bonchev–Trinajstić information content (AvgIpc) is 3.07. The third-order valence-corrected chi connectivity index (χ3v) is 3.10. The van der Waals surface area contributed by atoms with Gasteiger partial charge in [0.2, 0.25) is 5.91 Å². The lowest BCUT2D eigenvalue weighted by atomic mass is 10.1. The number of alkyl halides is 3. The van der Waals surface area contributed by atoms with Gasteiger partial charge < -0.3 is 10.1 Å². The van der Waals surface area contributed by atoms with Crippen LogP contribution in [0.2, 0.25) is 5.02 Å². The zero-order valence-electron chi connectivity index (χ0n) is 12.6. The SMILES string of the molecule is CC(Cn1cc(Cl)cn1)C(=O)Nc1cnn(COCC(F)(F)F)c1. The number of halogens is 4. The number of ether oxygens (including phenoxy) is 1. The number of hydrogen-bond acceptors (Lipinski definition) is 4. The van der Waals surface area contributed by atoms with Crippen molar-refractivity contribution in [3.05, 3.63) is 29.8 Å². The Balaban J connectivity index is 1.81. The molecule has 2 rings (SSSR count). The fourth-order valence-corrected chi connectivity index (χ4v) is 1.98. The van der Waals surface area contributed by atoms with Gasteiger partial charge in [-0.15, -0.1) is 0 Å². The molecule has 2 aromatic rings. The highest BCUT2D eigenvalue weighted by Crippen LogP contribution is 2.15. The molecule has 0 fully saturated rings. The topological polar surface area (TPSA) is 74.0 Å². The Bertz CT molecular complexity index is 685. The largest absolute Gasteiger partial charge is 0.411 e. The highest BCUT2D eigenvalue weighted by atomic mass is 35.5. The Morgan fingerprint density at radius 3 is 2.67 bits per heavy atom. The molecule has 24 heavy (non-hydrogen) atoms. The minimum atomic E-state index is -4.39. The number of anilines is 1. The van der Waals surface area contributed by atoms with Gasteiger partial charge in [0.15, 0.2) is 0 Å². The Kier molecular flexibility index (Phi) is 5.84. The molecule has 0 aliphatic heterocycles. The van der Waals surface area contributed by atoms with Crippen LogP contribution in [-0.2, 0) is 22.8 Å². The van der Waals surface area contributed by atoms with Gasteiger partial charge in [-0.2, -0.15) is 23.4 Å². The molecule has 0 aliphatic carbocycles. The maximum atomic E-state index is 12.1. The third kappa shape index (κ3) is 5.85. The van der Waals surface area contributed by atoms with Crippen molar-refractivity contribution < 1.29 is 22.7 Å². The molecule has 0 aliphatic rings. The van der Waals surface area contributed by atoms with E-state index in [9.17, 15) is 18.0 Å². The Morgan fingerprint density at radius 1 is 1.33 bits per heavy atom. The number of amides is 1. The van der Waals surface area contributed by atoms with Crippen LogP contribution in [0.1, 0.15) is 6.92 Å². The summed E-state index contributed by atoms with van der Waals surface area (Å²) in [6.45, 7) is 0.317. The Morgan fingerprint density at radius 2 is 2.04 bits per heavy atom. The van der Waals surface area contributed by atoms with Crippen molar-refractivity contribution in [1.82, 2.24) is 19.6 Å². The summed E-state index contributed by atoms with van der Waals surface area (Å²) < 4.78 is 43.1. The highest BCUT2D eigenvalue weighted by molar-refractivity contribution is 6.30. The molecule has 11 heteroatoms. The van der Waals surface area contributed by atoms with Crippen LogP contribution >= 0.6 is 11.6 Å². The monoisotopic (exact) mass is 365 g/mol. The molecule has 0 bridgehead atoms. The lowest BCUT2D eigenvalue weighted by Gasteiger charge is -2.11. The van der Waals surface area contributed by atoms with Crippen LogP contribution in [0.4, 0.5) is 18.9 Å². The van der Waals surface area contributed by atoms with E-state index in [4.69, 9.17) is 11.6 Å². The summed E-state index contributed by atoms with van der Waals surface area (Å²) in [5.74, 6) is -0.678. The number of aromatic nitrogens is 4. The van der Waals surface area contributed by atoms with Crippen molar-refractivity contribution in [2.75, 3.05) is 11.9 Å². The lowest BCUT2D eigenvalue weighted by Crippen LogP contribution is -2.24. The van der Waals surface area contributed by atoms with Crippen LogP contribution in [0, 0.1) is 5.92 Å². The minimum Gasteiger partial charge on any atom is -0.350 e. The molecule has 0 spiro atoms. The van der Waals surface area contributed by atoms with Gasteiger partial charge in [-0.25, -0.2) is 4.68 Å². The normalized spacial score (nSPS) is 13.0. The molecule has 0 saturated carbocycles. The molecule has 7 nitrogen and oxygen atoms in total. The van der Waals surface area contributed by atoms with Gasteiger partial charge in [0, 0.05) is 6.20 Å². The quantitative estimate of drug-likeness (QED) is 0.818. The van der Waals surface area contributed by atoms with Crippen molar-refractivity contribution in [3.8, 4) is 0 Å². The first-order valence-electron chi connectivity index (χ1n) is 6.89. The predicted octanol–water partition coefficient (Wildman–Crippen LogP) is 2.54. The smallest absolute Gasteiger partial charge is 0.350 e. The van der Waals surface area contributed by atoms with Crippen molar-refractivity contribution in [2.45, 2.75) is 26.4 Å². The second kappa shape index (κ2) is 7.67. The van der Waals surface area contributed by atoms with E-state index in [0.717, 1.165) is 4.68 Å². The number of nitrogens with zero attached hydrogens (tertiary/aromatic N) is 4. The summed E-state index contributed by atoms with van der Waals surface area (Å²) in [7, 11) is 0. The van der Waals surface area contributed by atoms with Crippen LogP contribution < -0.4 is 5.32 Å². The molecule has 1 amide bonds. The minimum absolute atomic E-state index is 0.280. The zero-order chi connectivity index (χ0) is 17.7. The van der Waals surface area contributed by atoms with E-state index in [1.54, 1.807) is 17.8 Å². The first-order valence-corrected chi connectivity index (χ1v) is 7.26. The van der Waals surface area contributed by atoms with E-state index in [-0.39, 0.29) is 12.6 Å². The van der Waals surface area contributed by atoms with Crippen molar-refractivity contribution in [2.24, 2.45) is 5.92 Å². The van der Waals surface area contributed by atoms with Gasteiger partial charge in [-0.05, 0) is 0 Å². The standard InChI is InChI=1S/C13H15ClF3N5O2/c1-9(4-21-5-10(14)2-18-21)12(23)20-11-3-19-22(6-11)8-24-7-13(15,16)17/h2-3,5-6,9H,4,7-8H2,1H3,(H,20,23). The van der Waals surface area contributed by atoms with Crippen molar-refractivity contribution in [1.29, 1.82) is 0 Å². The summed E-state index contributed by atoms with van der Waals surface area (Å²) in [4.78, 5) is 12.1.